The average molecular weight is 233 g/mol. The van der Waals surface area contributed by atoms with Gasteiger partial charge in [-0.1, -0.05) is 37.3 Å². The molecule has 1 saturated carbocycles. The van der Waals surface area contributed by atoms with Crippen LogP contribution in [0.2, 0.25) is 0 Å². The zero-order valence-corrected chi connectivity index (χ0v) is 10.1. The Hall–Kier alpha value is -1.35. The van der Waals surface area contributed by atoms with Gasteiger partial charge in [-0.25, -0.2) is 0 Å². The number of aliphatic hydroxyl groups excluding tert-OH is 1. The van der Waals surface area contributed by atoms with Crippen LogP contribution in [0.15, 0.2) is 30.3 Å². The van der Waals surface area contributed by atoms with E-state index in [1.807, 2.05) is 30.3 Å². The maximum absolute atomic E-state index is 11.9. The summed E-state index contributed by atoms with van der Waals surface area (Å²) in [4.78, 5) is 11.9. The molecule has 92 valence electrons. The normalized spacial score (nSPS) is 24.1. The summed E-state index contributed by atoms with van der Waals surface area (Å²) in [7, 11) is 0. The highest BCUT2D eigenvalue weighted by molar-refractivity contribution is 5.81. The van der Waals surface area contributed by atoms with Gasteiger partial charge in [0.05, 0.1) is 6.04 Å². The molecule has 1 aliphatic rings. The summed E-state index contributed by atoms with van der Waals surface area (Å²) in [6, 6.07) is 9.75. The second kappa shape index (κ2) is 5.32. The first kappa shape index (κ1) is 12.1. The van der Waals surface area contributed by atoms with E-state index in [1.54, 1.807) is 0 Å². The molecule has 1 aliphatic carbocycles. The third-order valence-electron chi connectivity index (χ3n) is 3.38. The number of amides is 1. The molecule has 1 amide bonds. The lowest BCUT2D eigenvalue weighted by Gasteiger charge is -2.18. The molecule has 0 saturated heterocycles. The third-order valence-corrected chi connectivity index (χ3v) is 3.38. The molecule has 0 aliphatic heterocycles. The van der Waals surface area contributed by atoms with Crippen molar-refractivity contribution >= 4 is 5.91 Å². The van der Waals surface area contributed by atoms with Crippen molar-refractivity contribution in [3.05, 3.63) is 35.9 Å². The molecule has 1 fully saturated rings. The van der Waals surface area contributed by atoms with E-state index in [2.05, 4.69) is 12.2 Å². The van der Waals surface area contributed by atoms with Crippen molar-refractivity contribution in [2.75, 3.05) is 6.61 Å². The first-order chi connectivity index (χ1) is 8.22. The van der Waals surface area contributed by atoms with Crippen LogP contribution in [0.25, 0.3) is 0 Å². The Kier molecular flexibility index (Phi) is 3.79. The number of hydrogen-bond acceptors (Lipinski definition) is 2. The highest BCUT2D eigenvalue weighted by Gasteiger charge is 2.39. The molecule has 1 aromatic rings. The van der Waals surface area contributed by atoms with Crippen molar-refractivity contribution in [3.63, 3.8) is 0 Å². The summed E-state index contributed by atoms with van der Waals surface area (Å²) in [5, 5.41) is 12.1. The van der Waals surface area contributed by atoms with Crippen molar-refractivity contribution < 1.29 is 9.90 Å². The average Bonchev–Trinajstić information content (AvgIpc) is 3.07. The van der Waals surface area contributed by atoms with E-state index in [9.17, 15) is 4.79 Å². The third kappa shape index (κ3) is 3.07. The molecule has 1 aromatic carbocycles. The molecule has 0 radical (unpaired) electrons. The SMILES string of the molecule is CC1CC1C(=O)NC(CCO)c1ccccc1. The van der Waals surface area contributed by atoms with Gasteiger partial charge in [-0.2, -0.15) is 0 Å². The van der Waals surface area contributed by atoms with Gasteiger partial charge in [-0.3, -0.25) is 4.79 Å². The minimum Gasteiger partial charge on any atom is -0.396 e. The standard InChI is InChI=1S/C14H19NO2/c1-10-9-12(10)14(17)15-13(7-8-16)11-5-3-2-4-6-11/h2-6,10,12-13,16H,7-9H2,1H3,(H,15,17). The summed E-state index contributed by atoms with van der Waals surface area (Å²) in [5.74, 6) is 0.820. The van der Waals surface area contributed by atoms with E-state index in [0.29, 0.717) is 12.3 Å². The Balaban J connectivity index is 2.00. The summed E-state index contributed by atoms with van der Waals surface area (Å²) in [6.07, 6.45) is 1.56. The van der Waals surface area contributed by atoms with Gasteiger partial charge < -0.3 is 10.4 Å². The van der Waals surface area contributed by atoms with E-state index in [-0.39, 0.29) is 24.5 Å². The molecule has 0 spiro atoms. The largest absolute Gasteiger partial charge is 0.396 e. The Morgan fingerprint density at radius 2 is 2.12 bits per heavy atom. The van der Waals surface area contributed by atoms with Crippen LogP contribution in [-0.2, 0) is 4.79 Å². The number of benzene rings is 1. The second-order valence-electron chi connectivity index (χ2n) is 4.80. The van der Waals surface area contributed by atoms with Crippen LogP contribution in [-0.4, -0.2) is 17.6 Å². The van der Waals surface area contributed by atoms with E-state index in [0.717, 1.165) is 12.0 Å². The van der Waals surface area contributed by atoms with Crippen LogP contribution < -0.4 is 5.32 Å². The fraction of sp³-hybridized carbons (Fsp3) is 0.500. The molecule has 17 heavy (non-hydrogen) atoms. The van der Waals surface area contributed by atoms with Gasteiger partial charge >= 0.3 is 0 Å². The molecule has 0 aromatic heterocycles. The van der Waals surface area contributed by atoms with Crippen LogP contribution in [0.3, 0.4) is 0 Å². The second-order valence-corrected chi connectivity index (χ2v) is 4.80. The lowest BCUT2D eigenvalue weighted by Crippen LogP contribution is -2.30. The van der Waals surface area contributed by atoms with Crippen molar-refractivity contribution in [1.82, 2.24) is 5.32 Å². The van der Waals surface area contributed by atoms with Gasteiger partial charge in [-0.15, -0.1) is 0 Å². The molecular formula is C14H19NO2. The van der Waals surface area contributed by atoms with Gasteiger partial charge in [0.25, 0.3) is 0 Å². The molecule has 0 heterocycles. The van der Waals surface area contributed by atoms with Gasteiger partial charge in [0, 0.05) is 12.5 Å². The van der Waals surface area contributed by atoms with E-state index in [4.69, 9.17) is 5.11 Å². The molecule has 2 N–H and O–H groups in total. The highest BCUT2D eigenvalue weighted by Crippen LogP contribution is 2.38. The zero-order valence-electron chi connectivity index (χ0n) is 10.1. The van der Waals surface area contributed by atoms with Gasteiger partial charge in [0.1, 0.15) is 0 Å². The summed E-state index contributed by atoms with van der Waals surface area (Å²) < 4.78 is 0. The highest BCUT2D eigenvalue weighted by atomic mass is 16.3. The Morgan fingerprint density at radius 3 is 2.65 bits per heavy atom. The Labute approximate surface area is 102 Å². The minimum atomic E-state index is -0.0681. The molecule has 3 heteroatoms. The van der Waals surface area contributed by atoms with Crippen molar-refractivity contribution in [1.29, 1.82) is 0 Å². The topological polar surface area (TPSA) is 49.3 Å². The van der Waals surface area contributed by atoms with Crippen LogP contribution in [0.4, 0.5) is 0 Å². The van der Waals surface area contributed by atoms with Crippen LogP contribution in [0.5, 0.6) is 0 Å². The van der Waals surface area contributed by atoms with E-state index in [1.165, 1.54) is 0 Å². The maximum Gasteiger partial charge on any atom is 0.223 e. The lowest BCUT2D eigenvalue weighted by molar-refractivity contribution is -0.123. The number of carbonyl (C=O) groups is 1. The lowest BCUT2D eigenvalue weighted by atomic mass is 10.0. The molecular weight excluding hydrogens is 214 g/mol. The maximum atomic E-state index is 11.9. The van der Waals surface area contributed by atoms with Crippen molar-refractivity contribution in [3.8, 4) is 0 Å². The molecule has 3 nitrogen and oxygen atoms in total. The molecule has 3 unspecified atom stereocenters. The van der Waals surface area contributed by atoms with Crippen molar-refractivity contribution in [2.24, 2.45) is 11.8 Å². The summed E-state index contributed by atoms with van der Waals surface area (Å²) >= 11 is 0. The first-order valence-electron chi connectivity index (χ1n) is 6.18. The summed E-state index contributed by atoms with van der Waals surface area (Å²) in [5.41, 5.74) is 1.06. The Bertz CT molecular complexity index is 377. The fourth-order valence-electron chi connectivity index (χ4n) is 2.10. The van der Waals surface area contributed by atoms with E-state index >= 15 is 0 Å². The molecule has 2 rings (SSSR count). The number of rotatable bonds is 5. The van der Waals surface area contributed by atoms with Gasteiger partial charge in [0.15, 0.2) is 0 Å². The minimum absolute atomic E-state index is 0.0681. The van der Waals surface area contributed by atoms with E-state index < -0.39 is 0 Å². The number of hydrogen-bond donors (Lipinski definition) is 2. The van der Waals surface area contributed by atoms with Gasteiger partial charge in [0.2, 0.25) is 5.91 Å². The van der Waals surface area contributed by atoms with Crippen LogP contribution >= 0.6 is 0 Å². The number of nitrogens with one attached hydrogen (secondary N) is 1. The number of aliphatic hydroxyl groups is 1. The monoisotopic (exact) mass is 233 g/mol. The first-order valence-corrected chi connectivity index (χ1v) is 6.18. The zero-order chi connectivity index (χ0) is 12.3. The molecule has 0 bridgehead atoms. The van der Waals surface area contributed by atoms with Crippen LogP contribution in [0.1, 0.15) is 31.4 Å². The van der Waals surface area contributed by atoms with Gasteiger partial charge in [-0.05, 0) is 24.3 Å². The fourth-order valence-corrected chi connectivity index (χ4v) is 2.10. The Morgan fingerprint density at radius 1 is 1.47 bits per heavy atom. The predicted molar refractivity (Wildman–Crippen MR) is 66.3 cm³/mol. The van der Waals surface area contributed by atoms with Crippen molar-refractivity contribution in [2.45, 2.75) is 25.8 Å². The predicted octanol–water partition coefficient (Wildman–Crippen LogP) is 1.88. The van der Waals surface area contributed by atoms with Crippen LogP contribution in [0, 0.1) is 11.8 Å². The number of carbonyl (C=O) groups excluding carboxylic acids is 1. The quantitative estimate of drug-likeness (QED) is 0.816. The smallest absolute Gasteiger partial charge is 0.223 e. The molecule has 3 atom stereocenters. The summed E-state index contributed by atoms with van der Waals surface area (Å²) in [6.45, 7) is 2.17.